The van der Waals surface area contributed by atoms with Gasteiger partial charge in [0.15, 0.2) is 0 Å². The van der Waals surface area contributed by atoms with E-state index in [0.717, 1.165) is 5.75 Å². The summed E-state index contributed by atoms with van der Waals surface area (Å²) in [5, 5.41) is 0. The molecule has 1 aromatic carbocycles. The van der Waals surface area contributed by atoms with Crippen LogP contribution in [0.25, 0.3) is 0 Å². The smallest absolute Gasteiger partial charge is 0.0190 e. The number of hydrogen-bond acceptors (Lipinski definition) is 1. The number of thioether (sulfide) groups is 1. The monoisotopic (exact) mass is 206 g/mol. The van der Waals surface area contributed by atoms with Crippen LogP contribution in [0.5, 0.6) is 0 Å². The topological polar surface area (TPSA) is 0 Å². The van der Waals surface area contributed by atoms with Crippen LogP contribution in [-0.2, 0) is 0 Å². The third-order valence-corrected chi connectivity index (χ3v) is 3.51. The first-order valence-corrected chi connectivity index (χ1v) is 5.90. The molecule has 1 rings (SSSR count). The second-order valence-corrected chi connectivity index (χ2v) is 4.93. The van der Waals surface area contributed by atoms with Crippen molar-refractivity contribution in [3.63, 3.8) is 0 Å². The number of hydrogen-bond donors (Lipinski definition) is 0. The summed E-state index contributed by atoms with van der Waals surface area (Å²) in [5.41, 5.74) is 4.24. The van der Waals surface area contributed by atoms with E-state index in [1.807, 2.05) is 11.8 Å². The van der Waals surface area contributed by atoms with Crippen molar-refractivity contribution in [2.45, 2.75) is 32.6 Å². The predicted octanol–water partition coefficient (Wildman–Crippen LogP) is 4.44. The first-order chi connectivity index (χ1) is 6.59. The summed E-state index contributed by atoms with van der Waals surface area (Å²) in [7, 11) is 0. The number of benzene rings is 1. The lowest BCUT2D eigenvalue weighted by molar-refractivity contribution is 1.24. The third kappa shape index (κ3) is 3.59. The first-order valence-electron chi connectivity index (χ1n) is 4.92. The van der Waals surface area contributed by atoms with E-state index in [1.165, 1.54) is 21.6 Å². The minimum Gasteiger partial charge on any atom is -0.122 e. The maximum absolute atomic E-state index is 2.20. The molecular weight excluding hydrogens is 188 g/mol. The average molecular weight is 206 g/mol. The molecule has 0 aliphatic heterocycles. The molecule has 0 aliphatic rings. The number of rotatable bonds is 3. The lowest BCUT2D eigenvalue weighted by Gasteiger charge is -2.04. The third-order valence-electron chi connectivity index (χ3n) is 2.33. The van der Waals surface area contributed by atoms with Crippen LogP contribution < -0.4 is 0 Å². The van der Waals surface area contributed by atoms with Crippen molar-refractivity contribution in [1.82, 2.24) is 0 Å². The van der Waals surface area contributed by atoms with E-state index in [1.54, 1.807) is 0 Å². The van der Waals surface area contributed by atoms with Gasteiger partial charge in [0.2, 0.25) is 0 Å². The zero-order valence-electron chi connectivity index (χ0n) is 9.42. The quantitative estimate of drug-likeness (QED) is 0.520. The number of allylic oxidation sites excluding steroid dienone is 1. The lowest BCUT2D eigenvalue weighted by atomic mass is 10.2. The molecule has 0 N–H and O–H groups in total. The highest BCUT2D eigenvalue weighted by Crippen LogP contribution is 2.21. The molecule has 0 heterocycles. The summed E-state index contributed by atoms with van der Waals surface area (Å²) < 4.78 is 0. The molecule has 0 saturated heterocycles. The van der Waals surface area contributed by atoms with E-state index in [9.17, 15) is 0 Å². The van der Waals surface area contributed by atoms with Crippen molar-refractivity contribution in [3.8, 4) is 0 Å². The fraction of sp³-hybridized carbons (Fsp3) is 0.385. The van der Waals surface area contributed by atoms with Crippen molar-refractivity contribution in [1.29, 1.82) is 0 Å². The van der Waals surface area contributed by atoms with E-state index < -0.39 is 0 Å². The van der Waals surface area contributed by atoms with Gasteiger partial charge >= 0.3 is 0 Å². The highest BCUT2D eigenvalue weighted by molar-refractivity contribution is 7.99. The van der Waals surface area contributed by atoms with Crippen LogP contribution in [0.4, 0.5) is 0 Å². The highest BCUT2D eigenvalue weighted by atomic mass is 32.2. The summed E-state index contributed by atoms with van der Waals surface area (Å²) >= 11 is 1.91. The van der Waals surface area contributed by atoms with Crippen LogP contribution >= 0.6 is 11.8 Å². The zero-order chi connectivity index (χ0) is 10.6. The van der Waals surface area contributed by atoms with Gasteiger partial charge in [0.25, 0.3) is 0 Å². The minimum atomic E-state index is 1.10. The molecule has 0 aliphatic carbocycles. The second kappa shape index (κ2) is 5.26. The van der Waals surface area contributed by atoms with Crippen molar-refractivity contribution >= 4 is 11.8 Å². The standard InChI is InChI=1S/C13H18S/c1-10(2)12(4)9-14-13-7-5-11(3)6-8-13/h5-8H,9H2,1-4H3. The molecule has 14 heavy (non-hydrogen) atoms. The van der Waals surface area contributed by atoms with Gasteiger partial charge in [-0.3, -0.25) is 0 Å². The summed E-state index contributed by atoms with van der Waals surface area (Å²) in [6.45, 7) is 8.67. The average Bonchev–Trinajstić information content (AvgIpc) is 2.16. The van der Waals surface area contributed by atoms with Crippen LogP contribution in [0, 0.1) is 6.92 Å². The minimum absolute atomic E-state index is 1.10. The Morgan fingerprint density at radius 2 is 1.64 bits per heavy atom. The predicted molar refractivity (Wildman–Crippen MR) is 66.0 cm³/mol. The van der Waals surface area contributed by atoms with Gasteiger partial charge < -0.3 is 0 Å². The molecule has 1 aromatic rings. The Labute approximate surface area is 91.4 Å². The molecule has 0 radical (unpaired) electrons. The second-order valence-electron chi connectivity index (χ2n) is 3.88. The van der Waals surface area contributed by atoms with Crippen LogP contribution in [0.3, 0.4) is 0 Å². The van der Waals surface area contributed by atoms with Crippen molar-refractivity contribution in [2.75, 3.05) is 5.75 Å². The first kappa shape index (κ1) is 11.4. The Hall–Kier alpha value is -0.690. The summed E-state index contributed by atoms with van der Waals surface area (Å²) in [4.78, 5) is 1.36. The molecule has 0 saturated carbocycles. The van der Waals surface area contributed by atoms with Crippen molar-refractivity contribution < 1.29 is 0 Å². The Kier molecular flexibility index (Phi) is 4.27. The number of aryl methyl sites for hydroxylation is 1. The fourth-order valence-electron chi connectivity index (χ4n) is 0.970. The zero-order valence-corrected chi connectivity index (χ0v) is 10.2. The molecule has 0 nitrogen and oxygen atoms in total. The highest BCUT2D eigenvalue weighted by Gasteiger charge is 1.96. The van der Waals surface area contributed by atoms with Gasteiger partial charge in [-0.1, -0.05) is 28.8 Å². The maximum atomic E-state index is 2.20. The molecule has 0 fully saturated rings. The van der Waals surface area contributed by atoms with Crippen LogP contribution in [0.15, 0.2) is 40.3 Å². The van der Waals surface area contributed by atoms with Crippen LogP contribution in [0.2, 0.25) is 0 Å². The molecule has 0 unspecified atom stereocenters. The molecule has 0 spiro atoms. The summed E-state index contributed by atoms with van der Waals surface area (Å²) in [6, 6.07) is 8.72. The maximum Gasteiger partial charge on any atom is 0.0190 e. The van der Waals surface area contributed by atoms with Crippen molar-refractivity contribution in [2.24, 2.45) is 0 Å². The molecule has 76 valence electrons. The van der Waals surface area contributed by atoms with Crippen molar-refractivity contribution in [3.05, 3.63) is 41.0 Å². The van der Waals surface area contributed by atoms with Gasteiger partial charge in [-0.05, 0) is 39.8 Å². The Morgan fingerprint density at radius 3 is 2.14 bits per heavy atom. The van der Waals surface area contributed by atoms with Gasteiger partial charge in [0.05, 0.1) is 0 Å². The normalized spacial score (nSPS) is 10.0. The van der Waals surface area contributed by atoms with Gasteiger partial charge in [0, 0.05) is 10.6 Å². The van der Waals surface area contributed by atoms with E-state index in [2.05, 4.69) is 52.0 Å². The largest absolute Gasteiger partial charge is 0.122 e. The lowest BCUT2D eigenvalue weighted by Crippen LogP contribution is -1.84. The molecule has 0 amide bonds. The molecular formula is C13H18S. The SMILES string of the molecule is CC(C)=C(C)CSc1ccc(C)cc1. The molecule has 0 aromatic heterocycles. The Bertz CT molecular complexity index is 316. The van der Waals surface area contributed by atoms with E-state index in [4.69, 9.17) is 0 Å². The van der Waals surface area contributed by atoms with E-state index >= 15 is 0 Å². The van der Waals surface area contributed by atoms with Gasteiger partial charge in [-0.25, -0.2) is 0 Å². The van der Waals surface area contributed by atoms with Gasteiger partial charge in [-0.15, -0.1) is 11.8 Å². The van der Waals surface area contributed by atoms with E-state index in [0.29, 0.717) is 0 Å². The van der Waals surface area contributed by atoms with Crippen LogP contribution in [-0.4, -0.2) is 5.75 Å². The van der Waals surface area contributed by atoms with Crippen LogP contribution in [0.1, 0.15) is 26.3 Å². The Morgan fingerprint density at radius 1 is 1.07 bits per heavy atom. The Balaban J connectivity index is 2.54. The van der Waals surface area contributed by atoms with E-state index in [-0.39, 0.29) is 0 Å². The summed E-state index contributed by atoms with van der Waals surface area (Å²) in [5.74, 6) is 1.10. The molecule has 1 heteroatoms. The summed E-state index contributed by atoms with van der Waals surface area (Å²) in [6.07, 6.45) is 0. The molecule has 0 atom stereocenters. The van der Waals surface area contributed by atoms with Gasteiger partial charge in [-0.2, -0.15) is 0 Å². The fourth-order valence-corrected chi connectivity index (χ4v) is 1.97. The molecule has 0 bridgehead atoms. The van der Waals surface area contributed by atoms with Gasteiger partial charge in [0.1, 0.15) is 0 Å².